The third-order valence-corrected chi connectivity index (χ3v) is 3.49. The highest BCUT2D eigenvalue weighted by Gasteiger charge is 2.30. The van der Waals surface area contributed by atoms with E-state index in [2.05, 4.69) is 5.32 Å². The maximum absolute atomic E-state index is 13.6. The lowest BCUT2D eigenvalue weighted by Crippen LogP contribution is -2.37. The molecule has 1 N–H and O–H groups in total. The number of hydrogen-bond acceptors (Lipinski definition) is 2. The highest BCUT2D eigenvalue weighted by Crippen LogP contribution is 2.29. The van der Waals surface area contributed by atoms with E-state index in [9.17, 15) is 22.4 Å². The summed E-state index contributed by atoms with van der Waals surface area (Å²) in [5.74, 6) is -1.17. The van der Waals surface area contributed by atoms with Gasteiger partial charge in [-0.1, -0.05) is 31.2 Å². The Balaban J connectivity index is 2.00. The summed E-state index contributed by atoms with van der Waals surface area (Å²) in [6, 6.07) is 10.4. The van der Waals surface area contributed by atoms with E-state index in [1.807, 2.05) is 0 Å². The Morgan fingerprint density at radius 2 is 1.88 bits per heavy atom. The molecule has 0 aliphatic carbocycles. The van der Waals surface area contributed by atoms with Gasteiger partial charge in [0, 0.05) is 6.54 Å². The molecular formula is C18H17F4NO2. The summed E-state index contributed by atoms with van der Waals surface area (Å²) in [5, 5.41) is 2.51. The Labute approximate surface area is 142 Å². The molecule has 0 saturated carbocycles. The van der Waals surface area contributed by atoms with Crippen LogP contribution in [0.5, 0.6) is 5.75 Å². The van der Waals surface area contributed by atoms with Gasteiger partial charge >= 0.3 is 6.18 Å². The molecule has 0 heterocycles. The molecule has 1 amide bonds. The van der Waals surface area contributed by atoms with Crippen molar-refractivity contribution < 1.29 is 27.1 Å². The fourth-order valence-corrected chi connectivity index (χ4v) is 2.18. The SMILES string of the molecule is CC[C@H](Oc1ccccc1F)C(=O)NCc1cccc(C(F)(F)F)c1. The Hall–Kier alpha value is -2.57. The number of hydrogen-bond donors (Lipinski definition) is 1. The lowest BCUT2D eigenvalue weighted by atomic mass is 10.1. The van der Waals surface area contributed by atoms with Gasteiger partial charge in [-0.15, -0.1) is 0 Å². The molecular weight excluding hydrogens is 338 g/mol. The van der Waals surface area contributed by atoms with E-state index < -0.39 is 29.6 Å². The second-order valence-corrected chi connectivity index (χ2v) is 5.36. The minimum Gasteiger partial charge on any atom is -0.478 e. The predicted octanol–water partition coefficient (Wildman–Crippen LogP) is 4.32. The van der Waals surface area contributed by atoms with Crippen molar-refractivity contribution in [2.45, 2.75) is 32.2 Å². The van der Waals surface area contributed by atoms with Gasteiger partial charge in [0.15, 0.2) is 17.7 Å². The van der Waals surface area contributed by atoms with E-state index in [-0.39, 0.29) is 18.7 Å². The number of amides is 1. The van der Waals surface area contributed by atoms with Crippen LogP contribution in [0.25, 0.3) is 0 Å². The summed E-state index contributed by atoms with van der Waals surface area (Å²) in [5.41, 5.74) is -0.474. The molecule has 0 saturated heterocycles. The number of carbonyl (C=O) groups is 1. The summed E-state index contributed by atoms with van der Waals surface area (Å²) in [6.45, 7) is 1.61. The number of rotatable bonds is 6. The number of nitrogens with one attached hydrogen (secondary N) is 1. The van der Waals surface area contributed by atoms with E-state index in [0.29, 0.717) is 5.56 Å². The lowest BCUT2D eigenvalue weighted by Gasteiger charge is -2.18. The first kappa shape index (κ1) is 18.8. The zero-order valence-electron chi connectivity index (χ0n) is 13.4. The molecule has 2 aromatic rings. The van der Waals surface area contributed by atoms with Crippen molar-refractivity contribution in [1.82, 2.24) is 5.32 Å². The summed E-state index contributed by atoms with van der Waals surface area (Å²) in [7, 11) is 0. The quantitative estimate of drug-likeness (QED) is 0.784. The van der Waals surface area contributed by atoms with E-state index in [4.69, 9.17) is 4.74 Å². The van der Waals surface area contributed by atoms with Crippen LogP contribution in [-0.4, -0.2) is 12.0 Å². The molecule has 0 radical (unpaired) electrons. The molecule has 0 aliphatic heterocycles. The van der Waals surface area contributed by atoms with Gasteiger partial charge in [-0.3, -0.25) is 4.79 Å². The van der Waals surface area contributed by atoms with Crippen LogP contribution in [0.4, 0.5) is 17.6 Å². The maximum atomic E-state index is 13.6. The van der Waals surface area contributed by atoms with Gasteiger partial charge in [0.1, 0.15) is 0 Å². The van der Waals surface area contributed by atoms with Gasteiger partial charge in [-0.25, -0.2) is 4.39 Å². The minimum atomic E-state index is -4.44. The first-order valence-electron chi connectivity index (χ1n) is 7.66. The van der Waals surface area contributed by atoms with Crippen LogP contribution in [0.3, 0.4) is 0 Å². The number of para-hydroxylation sites is 1. The zero-order valence-corrected chi connectivity index (χ0v) is 13.4. The normalized spacial score (nSPS) is 12.5. The number of halogens is 4. The molecule has 134 valence electrons. The Bertz CT molecular complexity index is 731. The van der Waals surface area contributed by atoms with Crippen molar-refractivity contribution in [3.8, 4) is 5.75 Å². The third-order valence-electron chi connectivity index (χ3n) is 3.49. The molecule has 1 atom stereocenters. The molecule has 0 aromatic heterocycles. The van der Waals surface area contributed by atoms with Crippen LogP contribution < -0.4 is 10.1 Å². The molecule has 25 heavy (non-hydrogen) atoms. The van der Waals surface area contributed by atoms with Crippen LogP contribution in [-0.2, 0) is 17.5 Å². The molecule has 2 aromatic carbocycles. The van der Waals surface area contributed by atoms with Gasteiger partial charge in [-0.2, -0.15) is 13.2 Å². The molecule has 0 unspecified atom stereocenters. The fraction of sp³-hybridized carbons (Fsp3) is 0.278. The van der Waals surface area contributed by atoms with Crippen molar-refractivity contribution in [2.24, 2.45) is 0 Å². The molecule has 0 fully saturated rings. The molecule has 7 heteroatoms. The minimum absolute atomic E-state index is 0.0523. The third kappa shape index (κ3) is 5.20. The standard InChI is InChI=1S/C18H17F4NO2/c1-2-15(25-16-9-4-3-8-14(16)19)17(24)23-11-12-6-5-7-13(10-12)18(20,21)22/h3-10,15H,2,11H2,1H3,(H,23,24)/t15-/m0/s1. The van der Waals surface area contributed by atoms with Crippen LogP contribution in [0, 0.1) is 5.82 Å². The topological polar surface area (TPSA) is 38.3 Å². The van der Waals surface area contributed by atoms with Crippen LogP contribution in [0.1, 0.15) is 24.5 Å². The number of carbonyl (C=O) groups excluding carboxylic acids is 1. The average molecular weight is 355 g/mol. The van der Waals surface area contributed by atoms with Gasteiger partial charge in [-0.05, 0) is 36.2 Å². The zero-order chi connectivity index (χ0) is 18.4. The number of alkyl halides is 3. The van der Waals surface area contributed by atoms with Gasteiger partial charge in [0.25, 0.3) is 5.91 Å². The van der Waals surface area contributed by atoms with E-state index in [0.717, 1.165) is 12.1 Å². The summed E-state index contributed by atoms with van der Waals surface area (Å²) in [6.07, 6.45) is -5.11. The molecule has 0 bridgehead atoms. The highest BCUT2D eigenvalue weighted by atomic mass is 19.4. The van der Waals surface area contributed by atoms with Crippen molar-refractivity contribution >= 4 is 5.91 Å². The highest BCUT2D eigenvalue weighted by molar-refractivity contribution is 5.81. The summed E-state index contributed by atoms with van der Waals surface area (Å²) >= 11 is 0. The van der Waals surface area contributed by atoms with Crippen molar-refractivity contribution in [2.75, 3.05) is 0 Å². The molecule has 3 nitrogen and oxygen atoms in total. The van der Waals surface area contributed by atoms with Gasteiger partial charge in [0.05, 0.1) is 5.56 Å². The Morgan fingerprint density at radius 1 is 1.16 bits per heavy atom. The van der Waals surface area contributed by atoms with Crippen LogP contribution >= 0.6 is 0 Å². The second-order valence-electron chi connectivity index (χ2n) is 5.36. The van der Waals surface area contributed by atoms with E-state index >= 15 is 0 Å². The maximum Gasteiger partial charge on any atom is 0.416 e. The molecule has 0 spiro atoms. The fourth-order valence-electron chi connectivity index (χ4n) is 2.18. The van der Waals surface area contributed by atoms with Crippen LogP contribution in [0.15, 0.2) is 48.5 Å². The largest absolute Gasteiger partial charge is 0.478 e. The first-order valence-corrected chi connectivity index (χ1v) is 7.66. The predicted molar refractivity (Wildman–Crippen MR) is 84.4 cm³/mol. The van der Waals surface area contributed by atoms with Crippen LogP contribution in [0.2, 0.25) is 0 Å². The Kier molecular flexibility index (Phi) is 6.01. The lowest BCUT2D eigenvalue weighted by molar-refractivity contribution is -0.137. The monoisotopic (exact) mass is 355 g/mol. The average Bonchev–Trinajstić information content (AvgIpc) is 2.58. The molecule has 2 rings (SSSR count). The van der Waals surface area contributed by atoms with Crippen molar-refractivity contribution in [3.05, 3.63) is 65.5 Å². The summed E-state index contributed by atoms with van der Waals surface area (Å²) in [4.78, 5) is 12.2. The number of benzene rings is 2. The van der Waals surface area contributed by atoms with Gasteiger partial charge in [0.2, 0.25) is 0 Å². The first-order chi connectivity index (χ1) is 11.8. The van der Waals surface area contributed by atoms with Gasteiger partial charge < -0.3 is 10.1 Å². The van der Waals surface area contributed by atoms with E-state index in [1.54, 1.807) is 13.0 Å². The number of ether oxygens (including phenoxy) is 1. The van der Waals surface area contributed by atoms with E-state index in [1.165, 1.54) is 30.3 Å². The van der Waals surface area contributed by atoms with Crippen molar-refractivity contribution in [3.63, 3.8) is 0 Å². The van der Waals surface area contributed by atoms with Crippen molar-refractivity contribution in [1.29, 1.82) is 0 Å². The smallest absolute Gasteiger partial charge is 0.416 e. The summed E-state index contributed by atoms with van der Waals surface area (Å²) < 4.78 is 57.0. The molecule has 0 aliphatic rings. The Morgan fingerprint density at radius 3 is 2.52 bits per heavy atom. The second kappa shape index (κ2) is 8.00.